The molecule has 178 valence electrons. The summed E-state index contributed by atoms with van der Waals surface area (Å²) in [6, 6.07) is 8.59. The number of carbonyl (C=O) groups is 1. The molecule has 1 heterocycles. The minimum atomic E-state index is -4.14. The van der Waals surface area contributed by atoms with E-state index < -0.39 is 44.5 Å². The lowest BCUT2D eigenvalue weighted by atomic mass is 10.0. The van der Waals surface area contributed by atoms with Crippen molar-refractivity contribution in [1.29, 1.82) is 0 Å². The Kier molecular flexibility index (Phi) is 7.45. The van der Waals surface area contributed by atoms with E-state index >= 15 is 0 Å². The van der Waals surface area contributed by atoms with Gasteiger partial charge in [0.1, 0.15) is 11.9 Å². The van der Waals surface area contributed by atoms with Gasteiger partial charge in [0, 0.05) is 38.2 Å². The third kappa shape index (κ3) is 5.21. The SMILES string of the molecule is COC(=O)[C@H](Cc1ccc(C)cc1F)N1CCN(S(=O)(=O)c2ccccc2[N+](=O)[O-])[C@@H](C)C1. The van der Waals surface area contributed by atoms with Crippen LogP contribution in [-0.4, -0.2) is 67.3 Å². The maximum atomic E-state index is 14.4. The molecule has 0 saturated carbocycles. The highest BCUT2D eigenvalue weighted by atomic mass is 32.2. The van der Waals surface area contributed by atoms with Gasteiger partial charge < -0.3 is 4.74 Å². The molecule has 2 aromatic rings. The lowest BCUT2D eigenvalue weighted by Gasteiger charge is -2.41. The van der Waals surface area contributed by atoms with Gasteiger partial charge in [-0.15, -0.1) is 0 Å². The number of hydrogen-bond acceptors (Lipinski definition) is 7. The lowest BCUT2D eigenvalue weighted by Crippen LogP contribution is -2.58. The molecule has 11 heteroatoms. The summed E-state index contributed by atoms with van der Waals surface area (Å²) in [4.78, 5) is 24.5. The Labute approximate surface area is 192 Å². The van der Waals surface area contributed by atoms with Crippen LogP contribution < -0.4 is 0 Å². The van der Waals surface area contributed by atoms with E-state index in [0.717, 1.165) is 11.6 Å². The monoisotopic (exact) mass is 479 g/mol. The van der Waals surface area contributed by atoms with Gasteiger partial charge in [0.15, 0.2) is 4.90 Å². The van der Waals surface area contributed by atoms with E-state index in [0.29, 0.717) is 5.56 Å². The second-order valence-corrected chi connectivity index (χ2v) is 9.88. The van der Waals surface area contributed by atoms with E-state index in [1.807, 2.05) is 0 Å². The number of hydrogen-bond donors (Lipinski definition) is 0. The molecule has 0 bridgehead atoms. The molecule has 33 heavy (non-hydrogen) atoms. The van der Waals surface area contributed by atoms with Crippen molar-refractivity contribution in [1.82, 2.24) is 9.21 Å². The normalized spacial score (nSPS) is 18.6. The van der Waals surface area contributed by atoms with Crippen LogP contribution in [0, 0.1) is 22.9 Å². The maximum Gasteiger partial charge on any atom is 0.323 e. The van der Waals surface area contributed by atoms with Crippen molar-refractivity contribution in [3.8, 4) is 0 Å². The van der Waals surface area contributed by atoms with Gasteiger partial charge in [-0.2, -0.15) is 4.31 Å². The topological polar surface area (TPSA) is 110 Å². The van der Waals surface area contributed by atoms with Crippen LogP contribution in [0.4, 0.5) is 10.1 Å². The van der Waals surface area contributed by atoms with Crippen molar-refractivity contribution in [3.63, 3.8) is 0 Å². The number of carbonyl (C=O) groups excluding carboxylic acids is 1. The van der Waals surface area contributed by atoms with Gasteiger partial charge in [-0.25, -0.2) is 12.8 Å². The van der Waals surface area contributed by atoms with Crippen molar-refractivity contribution >= 4 is 21.7 Å². The minimum Gasteiger partial charge on any atom is -0.468 e. The van der Waals surface area contributed by atoms with Gasteiger partial charge >= 0.3 is 5.97 Å². The number of ether oxygens (including phenoxy) is 1. The molecule has 9 nitrogen and oxygen atoms in total. The summed E-state index contributed by atoms with van der Waals surface area (Å²) in [6.45, 7) is 3.80. The van der Waals surface area contributed by atoms with Crippen molar-refractivity contribution in [2.45, 2.75) is 37.2 Å². The quantitative estimate of drug-likeness (QED) is 0.341. The predicted molar refractivity (Wildman–Crippen MR) is 119 cm³/mol. The zero-order valence-electron chi connectivity index (χ0n) is 18.6. The molecule has 1 aliphatic heterocycles. The molecule has 1 saturated heterocycles. The lowest BCUT2D eigenvalue weighted by molar-refractivity contribution is -0.387. The molecule has 0 aromatic heterocycles. The highest BCUT2D eigenvalue weighted by Gasteiger charge is 2.40. The molecule has 0 aliphatic carbocycles. The van der Waals surface area contributed by atoms with Crippen molar-refractivity contribution in [2.24, 2.45) is 0 Å². The van der Waals surface area contributed by atoms with Crippen LogP contribution in [0.25, 0.3) is 0 Å². The number of esters is 1. The Hall–Kier alpha value is -2.89. The average molecular weight is 480 g/mol. The van der Waals surface area contributed by atoms with Gasteiger partial charge in [0.25, 0.3) is 5.69 Å². The number of nitro benzene ring substituents is 1. The zero-order chi connectivity index (χ0) is 24.3. The summed E-state index contributed by atoms with van der Waals surface area (Å²) in [5, 5.41) is 11.3. The number of nitro groups is 1. The Balaban J connectivity index is 1.84. The maximum absolute atomic E-state index is 14.4. The molecule has 1 fully saturated rings. The van der Waals surface area contributed by atoms with Crippen molar-refractivity contribution < 1.29 is 27.3 Å². The van der Waals surface area contributed by atoms with E-state index in [-0.39, 0.29) is 31.0 Å². The van der Waals surface area contributed by atoms with Crippen molar-refractivity contribution in [2.75, 3.05) is 26.7 Å². The van der Waals surface area contributed by atoms with Crippen LogP contribution in [0.15, 0.2) is 47.4 Å². The largest absolute Gasteiger partial charge is 0.468 e. The number of sulfonamides is 1. The first-order valence-electron chi connectivity index (χ1n) is 10.4. The molecule has 0 unspecified atom stereocenters. The van der Waals surface area contributed by atoms with E-state index in [1.165, 1.54) is 35.7 Å². The predicted octanol–water partition coefficient (Wildman–Crippen LogP) is 2.52. The summed E-state index contributed by atoms with van der Waals surface area (Å²) in [7, 11) is -2.89. The second kappa shape index (κ2) is 9.94. The molecular formula is C22H26FN3O6S. The fourth-order valence-electron chi connectivity index (χ4n) is 4.09. The van der Waals surface area contributed by atoms with Crippen LogP contribution in [0.5, 0.6) is 0 Å². The number of rotatable bonds is 7. The number of piperazine rings is 1. The van der Waals surface area contributed by atoms with Gasteiger partial charge in [0.2, 0.25) is 10.0 Å². The number of methoxy groups -OCH3 is 1. The average Bonchev–Trinajstić information content (AvgIpc) is 2.77. The van der Waals surface area contributed by atoms with Crippen LogP contribution in [0.1, 0.15) is 18.1 Å². The first kappa shape index (κ1) is 24.7. The van der Waals surface area contributed by atoms with E-state index in [9.17, 15) is 27.7 Å². The smallest absolute Gasteiger partial charge is 0.323 e. The van der Waals surface area contributed by atoms with E-state index in [2.05, 4.69) is 0 Å². The summed E-state index contributed by atoms with van der Waals surface area (Å²) in [5.41, 5.74) is 0.626. The molecular weight excluding hydrogens is 453 g/mol. The van der Waals surface area contributed by atoms with Crippen LogP contribution >= 0.6 is 0 Å². The van der Waals surface area contributed by atoms with Crippen molar-refractivity contribution in [3.05, 3.63) is 69.5 Å². The number of para-hydroxylation sites is 1. The number of nitrogens with zero attached hydrogens (tertiary/aromatic N) is 3. The molecule has 2 aromatic carbocycles. The number of aryl methyl sites for hydroxylation is 1. The summed E-state index contributed by atoms with van der Waals surface area (Å²) >= 11 is 0. The highest BCUT2D eigenvalue weighted by Crippen LogP contribution is 2.29. The zero-order valence-corrected chi connectivity index (χ0v) is 19.4. The molecule has 2 atom stereocenters. The number of halogens is 1. The van der Waals surface area contributed by atoms with E-state index in [1.54, 1.807) is 30.9 Å². The Morgan fingerprint density at radius 3 is 2.58 bits per heavy atom. The molecule has 3 rings (SSSR count). The van der Waals surface area contributed by atoms with Gasteiger partial charge in [-0.1, -0.05) is 24.3 Å². The molecule has 0 spiro atoms. The highest BCUT2D eigenvalue weighted by molar-refractivity contribution is 7.89. The Morgan fingerprint density at radius 1 is 1.27 bits per heavy atom. The molecule has 0 amide bonds. The first-order chi connectivity index (χ1) is 15.6. The number of benzene rings is 2. The first-order valence-corrected chi connectivity index (χ1v) is 11.8. The van der Waals surface area contributed by atoms with E-state index in [4.69, 9.17) is 4.74 Å². The standard InChI is InChI=1S/C22H26FN3O6S/c1-15-8-9-17(18(23)12-15)13-20(22(27)32-3)24-10-11-25(16(2)14-24)33(30,31)21-7-5-4-6-19(21)26(28)29/h4-9,12,16,20H,10-11,13-14H2,1-3H3/t16-,20-/m0/s1. The third-order valence-corrected chi connectivity index (χ3v) is 7.84. The van der Waals surface area contributed by atoms with Gasteiger partial charge in [-0.3, -0.25) is 19.8 Å². The minimum absolute atomic E-state index is 0.0133. The Bertz CT molecular complexity index is 1160. The summed E-state index contributed by atoms with van der Waals surface area (Å²) in [5.74, 6) is -0.966. The fourth-order valence-corrected chi connectivity index (χ4v) is 5.86. The second-order valence-electron chi connectivity index (χ2n) is 8.02. The van der Waals surface area contributed by atoms with Gasteiger partial charge in [0.05, 0.1) is 12.0 Å². The van der Waals surface area contributed by atoms with Crippen LogP contribution in [0.3, 0.4) is 0 Å². The summed E-state index contributed by atoms with van der Waals surface area (Å²) in [6.07, 6.45) is 0.0718. The molecule has 0 radical (unpaired) electrons. The molecule has 0 N–H and O–H groups in total. The summed E-state index contributed by atoms with van der Waals surface area (Å²) < 4.78 is 47.0. The van der Waals surface area contributed by atoms with Crippen LogP contribution in [0.2, 0.25) is 0 Å². The third-order valence-electron chi connectivity index (χ3n) is 5.78. The van der Waals surface area contributed by atoms with Crippen LogP contribution in [-0.2, 0) is 26.0 Å². The molecule has 1 aliphatic rings. The Morgan fingerprint density at radius 2 is 1.97 bits per heavy atom. The fraction of sp³-hybridized carbons (Fsp3) is 0.409. The van der Waals surface area contributed by atoms with Gasteiger partial charge in [-0.05, 0) is 37.1 Å².